The van der Waals surface area contributed by atoms with Crippen LogP contribution in [-0.4, -0.2) is 13.2 Å². The molecule has 0 aliphatic carbocycles. The SMILES string of the molecule is CCCCCCCCNCc1ccc(OCC)c(Cl)c1.Cl. The van der Waals surface area contributed by atoms with Crippen LogP contribution >= 0.6 is 24.0 Å². The standard InChI is InChI=1S/C17H28ClNO.ClH/c1-3-5-6-7-8-9-12-19-14-15-10-11-17(20-4-2)16(18)13-15;/h10-11,13,19H,3-9,12,14H2,1-2H3;1H. The summed E-state index contributed by atoms with van der Waals surface area (Å²) in [6.45, 7) is 6.82. The molecule has 0 unspecified atom stereocenters. The minimum Gasteiger partial charge on any atom is -0.492 e. The van der Waals surface area contributed by atoms with Gasteiger partial charge in [0, 0.05) is 6.54 Å². The lowest BCUT2D eigenvalue weighted by molar-refractivity contribution is 0.340. The molecule has 0 saturated carbocycles. The van der Waals surface area contributed by atoms with Crippen LogP contribution in [0.1, 0.15) is 57.9 Å². The van der Waals surface area contributed by atoms with Gasteiger partial charge in [-0.3, -0.25) is 0 Å². The second-order valence-corrected chi connectivity index (χ2v) is 5.55. The number of rotatable bonds is 11. The quantitative estimate of drug-likeness (QED) is 0.531. The molecule has 0 aliphatic rings. The van der Waals surface area contributed by atoms with Crippen LogP contribution in [0.2, 0.25) is 5.02 Å². The molecule has 1 aromatic carbocycles. The number of halogens is 2. The lowest BCUT2D eigenvalue weighted by atomic mass is 10.1. The van der Waals surface area contributed by atoms with E-state index in [0.29, 0.717) is 11.6 Å². The van der Waals surface area contributed by atoms with E-state index >= 15 is 0 Å². The average molecular weight is 334 g/mol. The Morgan fingerprint density at radius 1 is 1.05 bits per heavy atom. The summed E-state index contributed by atoms with van der Waals surface area (Å²) in [6, 6.07) is 6.01. The Morgan fingerprint density at radius 3 is 2.43 bits per heavy atom. The highest BCUT2D eigenvalue weighted by Gasteiger charge is 2.02. The number of hydrogen-bond acceptors (Lipinski definition) is 2. The Bertz CT molecular complexity index is 372. The van der Waals surface area contributed by atoms with E-state index in [1.165, 1.54) is 44.1 Å². The van der Waals surface area contributed by atoms with Crippen LogP contribution in [0.3, 0.4) is 0 Å². The van der Waals surface area contributed by atoms with Gasteiger partial charge in [0.15, 0.2) is 0 Å². The van der Waals surface area contributed by atoms with Crippen LogP contribution in [0.15, 0.2) is 18.2 Å². The van der Waals surface area contributed by atoms with E-state index in [-0.39, 0.29) is 12.4 Å². The third-order valence-corrected chi connectivity index (χ3v) is 3.63. The molecule has 2 nitrogen and oxygen atoms in total. The maximum absolute atomic E-state index is 6.17. The van der Waals surface area contributed by atoms with Gasteiger partial charge < -0.3 is 10.1 Å². The predicted molar refractivity (Wildman–Crippen MR) is 95.0 cm³/mol. The minimum absolute atomic E-state index is 0. The van der Waals surface area contributed by atoms with Gasteiger partial charge in [0.1, 0.15) is 5.75 Å². The highest BCUT2D eigenvalue weighted by Crippen LogP contribution is 2.25. The van der Waals surface area contributed by atoms with Gasteiger partial charge >= 0.3 is 0 Å². The van der Waals surface area contributed by atoms with Gasteiger partial charge in [-0.15, -0.1) is 12.4 Å². The molecule has 1 aromatic rings. The zero-order valence-electron chi connectivity index (χ0n) is 13.3. The first-order valence-corrected chi connectivity index (χ1v) is 8.27. The highest BCUT2D eigenvalue weighted by atomic mass is 35.5. The Balaban J connectivity index is 0.00000400. The maximum atomic E-state index is 6.17. The van der Waals surface area contributed by atoms with Crippen molar-refractivity contribution in [1.82, 2.24) is 5.32 Å². The molecule has 4 heteroatoms. The van der Waals surface area contributed by atoms with E-state index < -0.39 is 0 Å². The van der Waals surface area contributed by atoms with Gasteiger partial charge in [-0.1, -0.05) is 56.7 Å². The first-order chi connectivity index (χ1) is 9.77. The Kier molecular flexibility index (Phi) is 13.0. The van der Waals surface area contributed by atoms with Gasteiger partial charge in [-0.2, -0.15) is 0 Å². The first-order valence-electron chi connectivity index (χ1n) is 7.89. The molecule has 0 saturated heterocycles. The fourth-order valence-electron chi connectivity index (χ4n) is 2.19. The molecule has 122 valence electrons. The van der Waals surface area contributed by atoms with Gasteiger partial charge in [0.2, 0.25) is 0 Å². The van der Waals surface area contributed by atoms with Crippen molar-refractivity contribution in [3.05, 3.63) is 28.8 Å². The fraction of sp³-hybridized carbons (Fsp3) is 0.647. The Labute approximate surface area is 141 Å². The third-order valence-electron chi connectivity index (χ3n) is 3.33. The number of ether oxygens (including phenoxy) is 1. The molecule has 0 bridgehead atoms. The molecule has 0 aromatic heterocycles. The second kappa shape index (κ2) is 13.2. The second-order valence-electron chi connectivity index (χ2n) is 5.14. The summed E-state index contributed by atoms with van der Waals surface area (Å²) in [5.41, 5.74) is 1.21. The Hall–Kier alpha value is -0.440. The molecule has 0 amide bonds. The smallest absolute Gasteiger partial charge is 0.137 e. The van der Waals surface area contributed by atoms with Gasteiger partial charge in [-0.05, 0) is 37.6 Å². The van der Waals surface area contributed by atoms with Gasteiger partial charge in [-0.25, -0.2) is 0 Å². The largest absolute Gasteiger partial charge is 0.492 e. The van der Waals surface area contributed by atoms with Crippen molar-refractivity contribution in [1.29, 1.82) is 0 Å². The van der Waals surface area contributed by atoms with Crippen molar-refractivity contribution in [2.24, 2.45) is 0 Å². The normalized spacial score (nSPS) is 10.2. The molecule has 21 heavy (non-hydrogen) atoms. The Morgan fingerprint density at radius 2 is 1.76 bits per heavy atom. The van der Waals surface area contributed by atoms with E-state index in [9.17, 15) is 0 Å². The first kappa shape index (κ1) is 20.6. The predicted octanol–water partition coefficient (Wildman–Crippen LogP) is 5.61. The lowest BCUT2D eigenvalue weighted by Crippen LogP contribution is -2.14. The van der Waals surface area contributed by atoms with Crippen molar-refractivity contribution in [2.45, 2.75) is 58.9 Å². The third kappa shape index (κ3) is 9.23. The molecule has 0 heterocycles. The van der Waals surface area contributed by atoms with Crippen LogP contribution in [0.4, 0.5) is 0 Å². The number of benzene rings is 1. The fourth-order valence-corrected chi connectivity index (χ4v) is 2.45. The van der Waals surface area contributed by atoms with E-state index in [2.05, 4.69) is 18.3 Å². The van der Waals surface area contributed by atoms with Gasteiger partial charge in [0.25, 0.3) is 0 Å². The summed E-state index contributed by atoms with van der Waals surface area (Å²) < 4.78 is 5.43. The van der Waals surface area contributed by atoms with E-state index in [1.807, 2.05) is 19.1 Å². The number of hydrogen-bond donors (Lipinski definition) is 1. The topological polar surface area (TPSA) is 21.3 Å². The van der Waals surface area contributed by atoms with Crippen molar-refractivity contribution in [2.75, 3.05) is 13.2 Å². The van der Waals surface area contributed by atoms with Crippen LogP contribution in [0.25, 0.3) is 0 Å². The minimum atomic E-state index is 0. The van der Waals surface area contributed by atoms with Crippen molar-refractivity contribution < 1.29 is 4.74 Å². The molecule has 0 radical (unpaired) electrons. The molecule has 0 fully saturated rings. The average Bonchev–Trinajstić information content (AvgIpc) is 2.45. The van der Waals surface area contributed by atoms with Crippen molar-refractivity contribution >= 4 is 24.0 Å². The van der Waals surface area contributed by atoms with E-state index in [0.717, 1.165) is 18.8 Å². The van der Waals surface area contributed by atoms with Crippen LogP contribution in [0.5, 0.6) is 5.75 Å². The summed E-state index contributed by atoms with van der Waals surface area (Å²) in [6.07, 6.45) is 8.02. The molecule has 1 rings (SSSR count). The number of unbranched alkanes of at least 4 members (excludes halogenated alkanes) is 5. The maximum Gasteiger partial charge on any atom is 0.137 e. The molecular formula is C17H29Cl2NO. The molecule has 1 N–H and O–H groups in total. The van der Waals surface area contributed by atoms with Crippen LogP contribution in [0, 0.1) is 0 Å². The van der Waals surface area contributed by atoms with Crippen LogP contribution in [-0.2, 0) is 6.54 Å². The van der Waals surface area contributed by atoms with Crippen LogP contribution < -0.4 is 10.1 Å². The number of nitrogens with one attached hydrogen (secondary N) is 1. The molecule has 0 spiro atoms. The monoisotopic (exact) mass is 333 g/mol. The summed E-state index contributed by atoms with van der Waals surface area (Å²) in [4.78, 5) is 0. The molecule has 0 atom stereocenters. The van der Waals surface area contributed by atoms with Crippen molar-refractivity contribution in [3.63, 3.8) is 0 Å². The summed E-state index contributed by atoms with van der Waals surface area (Å²) in [7, 11) is 0. The van der Waals surface area contributed by atoms with E-state index in [4.69, 9.17) is 16.3 Å². The van der Waals surface area contributed by atoms with Gasteiger partial charge in [0.05, 0.1) is 11.6 Å². The lowest BCUT2D eigenvalue weighted by Gasteiger charge is -2.09. The highest BCUT2D eigenvalue weighted by molar-refractivity contribution is 6.32. The van der Waals surface area contributed by atoms with Crippen molar-refractivity contribution in [3.8, 4) is 5.75 Å². The summed E-state index contributed by atoms with van der Waals surface area (Å²) in [5, 5.41) is 4.17. The summed E-state index contributed by atoms with van der Waals surface area (Å²) >= 11 is 6.17. The molecule has 0 aliphatic heterocycles. The zero-order chi connectivity index (χ0) is 14.6. The molecular weight excluding hydrogens is 305 g/mol. The summed E-state index contributed by atoms with van der Waals surface area (Å²) in [5.74, 6) is 0.772. The zero-order valence-corrected chi connectivity index (χ0v) is 14.9. The van der Waals surface area contributed by atoms with E-state index in [1.54, 1.807) is 0 Å².